The number of ether oxygens (including phenoxy) is 1. The molecule has 3 aromatic rings. The maximum absolute atomic E-state index is 12.1. The van der Waals surface area contributed by atoms with Crippen LogP contribution >= 0.6 is 0 Å². The van der Waals surface area contributed by atoms with Gasteiger partial charge in [0.05, 0.1) is 10.9 Å². The lowest BCUT2D eigenvalue weighted by Gasteiger charge is -2.12. The zero-order valence-electron chi connectivity index (χ0n) is 13.6. The Labute approximate surface area is 139 Å². The van der Waals surface area contributed by atoms with E-state index >= 15 is 0 Å². The zero-order valence-corrected chi connectivity index (χ0v) is 13.6. The van der Waals surface area contributed by atoms with Crippen LogP contribution in [0.3, 0.4) is 0 Å². The Morgan fingerprint density at radius 3 is 2.58 bits per heavy atom. The molecule has 0 radical (unpaired) electrons. The molecule has 2 aromatic carbocycles. The highest BCUT2D eigenvalue weighted by molar-refractivity contribution is 5.90. The number of anilines is 2. The lowest BCUT2D eigenvalue weighted by atomic mass is 10.2. The molecule has 0 fully saturated rings. The molecule has 3 N–H and O–H groups in total. The first-order valence-electron chi connectivity index (χ1n) is 7.55. The van der Waals surface area contributed by atoms with E-state index in [1.165, 1.54) is 0 Å². The van der Waals surface area contributed by atoms with E-state index in [1.807, 2.05) is 55.4 Å². The summed E-state index contributed by atoms with van der Waals surface area (Å²) in [5, 5.41) is 0.840. The molecule has 6 nitrogen and oxygen atoms in total. The Balaban J connectivity index is 1.72. The van der Waals surface area contributed by atoms with Crippen LogP contribution in [0.25, 0.3) is 10.9 Å². The maximum atomic E-state index is 12.1. The lowest BCUT2D eigenvalue weighted by molar-refractivity contribution is -0.381. The number of nitrogens with zero attached hydrogens (tertiary/aromatic N) is 2. The fraction of sp³-hybridized carbons (Fsp3) is 0.167. The highest BCUT2D eigenvalue weighted by Crippen LogP contribution is 2.15. The zero-order chi connectivity index (χ0) is 17.1. The van der Waals surface area contributed by atoms with Crippen molar-refractivity contribution < 1.29 is 14.5 Å². The van der Waals surface area contributed by atoms with Crippen LogP contribution in [-0.4, -0.2) is 25.0 Å². The number of hydrogen-bond acceptors (Lipinski definition) is 5. The summed E-state index contributed by atoms with van der Waals surface area (Å²) in [4.78, 5) is 21.5. The summed E-state index contributed by atoms with van der Waals surface area (Å²) in [5.41, 5.74) is 8.25. The van der Waals surface area contributed by atoms with Gasteiger partial charge in [-0.2, -0.15) is 0 Å². The number of hydrogen-bond donors (Lipinski definition) is 1. The third kappa shape index (κ3) is 3.27. The molecule has 0 amide bonds. The molecule has 0 spiro atoms. The van der Waals surface area contributed by atoms with E-state index in [9.17, 15) is 4.79 Å². The van der Waals surface area contributed by atoms with Crippen molar-refractivity contribution in [2.45, 2.75) is 6.61 Å². The first kappa shape index (κ1) is 15.7. The van der Waals surface area contributed by atoms with E-state index in [0.29, 0.717) is 17.2 Å². The van der Waals surface area contributed by atoms with E-state index in [0.717, 1.165) is 16.6 Å². The molecule has 0 aliphatic heterocycles. The van der Waals surface area contributed by atoms with Crippen LogP contribution in [0.4, 0.5) is 11.5 Å². The predicted molar refractivity (Wildman–Crippen MR) is 92.6 cm³/mol. The summed E-state index contributed by atoms with van der Waals surface area (Å²) in [7, 11) is 3.89. The minimum atomic E-state index is -0.401. The molecule has 1 heterocycles. The number of para-hydroxylation sites is 1. The Morgan fingerprint density at radius 2 is 1.88 bits per heavy atom. The van der Waals surface area contributed by atoms with Crippen molar-refractivity contribution >= 4 is 28.4 Å². The molecule has 0 saturated heterocycles. The number of aromatic nitrogens is 2. The SMILES string of the molecule is CN(C)c1ccc(C(=O)OCc2nc3ccccc3c(N)[nH+]2)cc1. The second kappa shape index (κ2) is 6.54. The molecule has 0 unspecified atom stereocenters. The first-order chi connectivity index (χ1) is 11.5. The Bertz CT molecular complexity index is 876. The predicted octanol–water partition coefficient (Wildman–Crippen LogP) is 2.05. The molecule has 0 aliphatic rings. The number of aromatic amines is 1. The first-order valence-corrected chi connectivity index (χ1v) is 7.55. The van der Waals surface area contributed by atoms with Crippen molar-refractivity contribution in [1.82, 2.24) is 4.98 Å². The molecule has 0 aliphatic carbocycles. The fourth-order valence-electron chi connectivity index (χ4n) is 2.38. The molecule has 6 heteroatoms. The molecule has 122 valence electrons. The fourth-order valence-corrected chi connectivity index (χ4v) is 2.38. The van der Waals surface area contributed by atoms with E-state index in [2.05, 4.69) is 9.97 Å². The highest BCUT2D eigenvalue weighted by atomic mass is 16.5. The van der Waals surface area contributed by atoms with Gasteiger partial charge in [0, 0.05) is 19.8 Å². The van der Waals surface area contributed by atoms with Crippen LogP contribution in [0.5, 0.6) is 0 Å². The van der Waals surface area contributed by atoms with Gasteiger partial charge in [-0.25, -0.2) is 9.78 Å². The van der Waals surface area contributed by atoms with Gasteiger partial charge in [0.15, 0.2) is 12.1 Å². The number of esters is 1. The van der Waals surface area contributed by atoms with E-state index in [4.69, 9.17) is 10.5 Å². The summed E-state index contributed by atoms with van der Waals surface area (Å²) in [5.74, 6) is 0.605. The Kier molecular flexibility index (Phi) is 4.29. The quantitative estimate of drug-likeness (QED) is 0.743. The van der Waals surface area contributed by atoms with Gasteiger partial charge in [-0.3, -0.25) is 0 Å². The summed E-state index contributed by atoms with van der Waals surface area (Å²) in [6, 6.07) is 14.8. The summed E-state index contributed by atoms with van der Waals surface area (Å²) < 4.78 is 5.32. The third-order valence-electron chi connectivity index (χ3n) is 3.69. The van der Waals surface area contributed by atoms with E-state index < -0.39 is 5.97 Å². The van der Waals surface area contributed by atoms with Gasteiger partial charge < -0.3 is 15.4 Å². The normalized spacial score (nSPS) is 10.6. The van der Waals surface area contributed by atoms with Crippen LogP contribution in [0.1, 0.15) is 16.2 Å². The number of nitrogens with two attached hydrogens (primary N) is 1. The monoisotopic (exact) mass is 323 g/mol. The van der Waals surface area contributed by atoms with Crippen molar-refractivity contribution in [2.24, 2.45) is 0 Å². The number of rotatable bonds is 4. The van der Waals surface area contributed by atoms with Gasteiger partial charge in [0.25, 0.3) is 5.82 Å². The minimum absolute atomic E-state index is 0.0311. The van der Waals surface area contributed by atoms with Crippen LogP contribution in [-0.2, 0) is 11.3 Å². The van der Waals surface area contributed by atoms with Crippen molar-refractivity contribution in [3.8, 4) is 0 Å². The second-order valence-electron chi connectivity index (χ2n) is 5.63. The van der Waals surface area contributed by atoms with Gasteiger partial charge in [-0.1, -0.05) is 12.1 Å². The van der Waals surface area contributed by atoms with Gasteiger partial charge in [0.2, 0.25) is 5.82 Å². The number of nitrogens with one attached hydrogen (secondary N) is 1. The standard InChI is InChI=1S/C18H18N4O2/c1-22(2)13-9-7-12(8-10-13)18(23)24-11-16-20-15-6-4-3-5-14(15)17(19)21-16/h3-10H,11H2,1-2H3,(H2,19,20,21)/p+1. The number of H-pyrrole nitrogens is 1. The van der Waals surface area contributed by atoms with Crippen LogP contribution in [0.15, 0.2) is 48.5 Å². The van der Waals surface area contributed by atoms with Gasteiger partial charge in [0.1, 0.15) is 0 Å². The maximum Gasteiger partial charge on any atom is 0.338 e. The third-order valence-corrected chi connectivity index (χ3v) is 3.69. The van der Waals surface area contributed by atoms with Gasteiger partial charge >= 0.3 is 5.97 Å². The molecule has 0 atom stereocenters. The Hall–Kier alpha value is -3.15. The number of carbonyl (C=O) groups excluding carboxylic acids is 1. The molecule has 0 saturated carbocycles. The number of fused-ring (bicyclic) bond motifs is 1. The second-order valence-corrected chi connectivity index (χ2v) is 5.63. The largest absolute Gasteiger partial charge is 0.451 e. The van der Waals surface area contributed by atoms with Crippen molar-refractivity contribution in [2.75, 3.05) is 24.7 Å². The molecule has 3 rings (SSSR count). The van der Waals surface area contributed by atoms with Crippen molar-refractivity contribution in [3.63, 3.8) is 0 Å². The average molecular weight is 323 g/mol. The van der Waals surface area contributed by atoms with Gasteiger partial charge in [-0.05, 0) is 36.4 Å². The van der Waals surface area contributed by atoms with E-state index in [-0.39, 0.29) is 6.61 Å². The lowest BCUT2D eigenvalue weighted by Crippen LogP contribution is -2.21. The smallest absolute Gasteiger partial charge is 0.338 e. The number of nitrogen functional groups attached to an aromatic ring is 1. The van der Waals surface area contributed by atoms with Crippen LogP contribution in [0.2, 0.25) is 0 Å². The number of benzene rings is 2. The van der Waals surface area contributed by atoms with E-state index in [1.54, 1.807) is 12.1 Å². The summed E-state index contributed by atoms with van der Waals surface area (Å²) in [6.45, 7) is 0.0311. The van der Waals surface area contributed by atoms with Gasteiger partial charge in [-0.15, -0.1) is 4.98 Å². The molecule has 1 aromatic heterocycles. The van der Waals surface area contributed by atoms with Crippen LogP contribution in [0, 0.1) is 0 Å². The Morgan fingerprint density at radius 1 is 1.17 bits per heavy atom. The van der Waals surface area contributed by atoms with Crippen molar-refractivity contribution in [3.05, 3.63) is 59.9 Å². The van der Waals surface area contributed by atoms with Crippen LogP contribution < -0.4 is 15.6 Å². The molecule has 0 bridgehead atoms. The minimum Gasteiger partial charge on any atom is -0.451 e. The topological polar surface area (TPSA) is 82.6 Å². The highest BCUT2D eigenvalue weighted by Gasteiger charge is 2.14. The number of carbonyl (C=O) groups is 1. The summed E-state index contributed by atoms with van der Waals surface area (Å²) >= 11 is 0. The van der Waals surface area contributed by atoms with Crippen molar-refractivity contribution in [1.29, 1.82) is 0 Å². The molecular formula is C18H19N4O2+. The molecule has 24 heavy (non-hydrogen) atoms. The molecular weight excluding hydrogens is 304 g/mol. The average Bonchev–Trinajstić information content (AvgIpc) is 2.60. The summed E-state index contributed by atoms with van der Waals surface area (Å²) in [6.07, 6.45) is 0.